The highest BCUT2D eigenvalue weighted by molar-refractivity contribution is 7.89. The number of hydrogen-bond donors (Lipinski definition) is 1. The van der Waals surface area contributed by atoms with Crippen molar-refractivity contribution >= 4 is 27.3 Å². The Hall–Kier alpha value is -1.78. The van der Waals surface area contributed by atoms with Gasteiger partial charge in [-0.2, -0.15) is 15.6 Å². The number of hydrogen-bond acceptors (Lipinski definition) is 6. The van der Waals surface area contributed by atoms with Crippen LogP contribution >= 0.6 is 11.3 Å². The molecule has 1 aliphatic rings. The third-order valence-corrected chi connectivity index (χ3v) is 6.29. The second kappa shape index (κ2) is 5.78. The lowest BCUT2D eigenvalue weighted by atomic mass is 10.1. The highest BCUT2D eigenvalue weighted by Gasteiger charge is 2.31. The topological polar surface area (TPSA) is 105 Å². The molecular formula is C12H14N4O4S2. The van der Waals surface area contributed by atoms with Crippen LogP contribution < -0.4 is 0 Å². The van der Waals surface area contributed by atoms with E-state index in [0.29, 0.717) is 17.9 Å². The van der Waals surface area contributed by atoms with Gasteiger partial charge in [0.25, 0.3) is 0 Å². The van der Waals surface area contributed by atoms with Gasteiger partial charge in [-0.25, -0.2) is 17.9 Å². The molecule has 1 fully saturated rings. The molecule has 22 heavy (non-hydrogen) atoms. The lowest BCUT2D eigenvalue weighted by Gasteiger charge is -2.31. The lowest BCUT2D eigenvalue weighted by molar-refractivity contribution is 0.0690. The molecule has 0 aliphatic carbocycles. The van der Waals surface area contributed by atoms with E-state index in [2.05, 4.69) is 10.3 Å². The van der Waals surface area contributed by atoms with E-state index in [-0.39, 0.29) is 18.3 Å². The third kappa shape index (κ3) is 2.76. The molecule has 0 radical (unpaired) electrons. The summed E-state index contributed by atoms with van der Waals surface area (Å²) in [5.74, 6) is -1.15. The van der Waals surface area contributed by atoms with Crippen LogP contribution in [-0.4, -0.2) is 51.9 Å². The molecule has 1 atom stereocenters. The fourth-order valence-electron chi connectivity index (χ4n) is 2.46. The van der Waals surface area contributed by atoms with Crippen LogP contribution in [0, 0.1) is 0 Å². The number of sulfonamides is 1. The van der Waals surface area contributed by atoms with Crippen molar-refractivity contribution in [1.29, 1.82) is 0 Å². The first-order chi connectivity index (χ1) is 10.5. The SMILES string of the molecule is O=C(O)c1cn(C2CCCN(S(=O)(=O)c3ccsc3)C2)nn1. The summed E-state index contributed by atoms with van der Waals surface area (Å²) in [5.41, 5.74) is -0.141. The molecule has 3 rings (SSSR count). The zero-order valence-electron chi connectivity index (χ0n) is 11.5. The number of aromatic carboxylic acids is 1. The van der Waals surface area contributed by atoms with Crippen molar-refractivity contribution in [2.75, 3.05) is 13.1 Å². The first-order valence-corrected chi connectivity index (χ1v) is 9.04. The average molecular weight is 342 g/mol. The van der Waals surface area contributed by atoms with Gasteiger partial charge >= 0.3 is 5.97 Å². The Morgan fingerprint density at radius 2 is 2.27 bits per heavy atom. The van der Waals surface area contributed by atoms with E-state index in [4.69, 9.17) is 5.11 Å². The average Bonchev–Trinajstić information content (AvgIpc) is 3.19. The molecule has 1 N–H and O–H groups in total. The molecule has 2 aromatic heterocycles. The minimum atomic E-state index is -3.50. The number of aromatic nitrogens is 3. The summed E-state index contributed by atoms with van der Waals surface area (Å²) in [6.07, 6.45) is 2.77. The minimum Gasteiger partial charge on any atom is -0.476 e. The van der Waals surface area contributed by atoms with Gasteiger partial charge in [-0.1, -0.05) is 5.21 Å². The predicted octanol–water partition coefficient (Wildman–Crippen LogP) is 1.06. The molecule has 10 heteroatoms. The van der Waals surface area contributed by atoms with Gasteiger partial charge in [-0.15, -0.1) is 5.10 Å². The van der Waals surface area contributed by atoms with E-state index in [9.17, 15) is 13.2 Å². The number of carboxylic acids is 1. The van der Waals surface area contributed by atoms with Crippen LogP contribution in [-0.2, 0) is 10.0 Å². The van der Waals surface area contributed by atoms with E-state index < -0.39 is 16.0 Å². The van der Waals surface area contributed by atoms with Crippen molar-refractivity contribution in [3.63, 3.8) is 0 Å². The Kier molecular flexibility index (Phi) is 3.98. The summed E-state index contributed by atoms with van der Waals surface area (Å²) in [6.45, 7) is 0.718. The van der Waals surface area contributed by atoms with Crippen molar-refractivity contribution < 1.29 is 18.3 Å². The first-order valence-electron chi connectivity index (χ1n) is 6.66. The van der Waals surface area contributed by atoms with Crippen LogP contribution in [0.4, 0.5) is 0 Å². The van der Waals surface area contributed by atoms with E-state index in [0.717, 1.165) is 6.42 Å². The van der Waals surface area contributed by atoms with Crippen LogP contribution in [0.1, 0.15) is 29.4 Å². The minimum absolute atomic E-state index is 0.141. The molecular weight excluding hydrogens is 328 g/mol. The van der Waals surface area contributed by atoms with E-state index in [1.54, 1.807) is 16.8 Å². The Balaban J connectivity index is 1.81. The zero-order chi connectivity index (χ0) is 15.7. The van der Waals surface area contributed by atoms with Crippen LogP contribution in [0.5, 0.6) is 0 Å². The van der Waals surface area contributed by atoms with Crippen LogP contribution in [0.2, 0.25) is 0 Å². The van der Waals surface area contributed by atoms with Crippen molar-refractivity contribution in [2.45, 2.75) is 23.8 Å². The Morgan fingerprint density at radius 3 is 2.91 bits per heavy atom. The summed E-state index contributed by atoms with van der Waals surface area (Å²) < 4.78 is 27.9. The van der Waals surface area contributed by atoms with Crippen LogP contribution in [0.25, 0.3) is 0 Å². The fraction of sp³-hybridized carbons (Fsp3) is 0.417. The van der Waals surface area contributed by atoms with Gasteiger partial charge < -0.3 is 5.11 Å². The maximum Gasteiger partial charge on any atom is 0.358 e. The van der Waals surface area contributed by atoms with Crippen molar-refractivity contribution in [1.82, 2.24) is 19.3 Å². The summed E-state index contributed by atoms with van der Waals surface area (Å²) in [6, 6.07) is 1.38. The molecule has 0 aromatic carbocycles. The maximum atomic E-state index is 12.5. The number of carboxylic acid groups (broad SMARTS) is 1. The van der Waals surface area contributed by atoms with Crippen LogP contribution in [0.3, 0.4) is 0 Å². The standard InChI is InChI=1S/C12H14N4O4S2/c17-12(18)11-7-16(14-13-11)9-2-1-4-15(6-9)22(19,20)10-3-5-21-8-10/h3,5,7-9H,1-2,4,6H2,(H,17,18). The summed E-state index contributed by atoms with van der Waals surface area (Å²) in [4.78, 5) is 11.1. The van der Waals surface area contributed by atoms with E-state index in [1.807, 2.05) is 0 Å². The Bertz CT molecular complexity index is 769. The maximum absolute atomic E-state index is 12.5. The summed E-state index contributed by atoms with van der Waals surface area (Å²) >= 11 is 1.34. The van der Waals surface area contributed by atoms with E-state index >= 15 is 0 Å². The lowest BCUT2D eigenvalue weighted by Crippen LogP contribution is -2.40. The quantitative estimate of drug-likeness (QED) is 0.891. The molecule has 0 bridgehead atoms. The third-order valence-electron chi connectivity index (χ3n) is 3.60. The summed E-state index contributed by atoms with van der Waals surface area (Å²) in [7, 11) is -3.50. The highest BCUT2D eigenvalue weighted by Crippen LogP contribution is 2.27. The number of piperidine rings is 1. The van der Waals surface area contributed by atoms with Gasteiger partial charge in [0.2, 0.25) is 10.0 Å². The van der Waals surface area contributed by atoms with Crippen molar-refractivity contribution in [2.24, 2.45) is 0 Å². The van der Waals surface area contributed by atoms with Gasteiger partial charge in [0, 0.05) is 18.5 Å². The van der Waals surface area contributed by atoms with Gasteiger partial charge in [0.05, 0.1) is 17.1 Å². The zero-order valence-corrected chi connectivity index (χ0v) is 13.1. The van der Waals surface area contributed by atoms with Gasteiger partial charge in [-0.3, -0.25) is 0 Å². The number of rotatable bonds is 4. The Morgan fingerprint density at radius 1 is 1.45 bits per heavy atom. The molecule has 118 valence electrons. The number of thiophene rings is 1. The van der Waals surface area contributed by atoms with Gasteiger partial charge in [-0.05, 0) is 24.3 Å². The predicted molar refractivity (Wildman–Crippen MR) is 78.3 cm³/mol. The number of nitrogens with zero attached hydrogens (tertiary/aromatic N) is 4. The Labute approximate surface area is 131 Å². The smallest absolute Gasteiger partial charge is 0.358 e. The van der Waals surface area contributed by atoms with Gasteiger partial charge in [0.15, 0.2) is 5.69 Å². The summed E-state index contributed by atoms with van der Waals surface area (Å²) in [5, 5.41) is 19.6. The van der Waals surface area contributed by atoms with Crippen molar-refractivity contribution in [3.05, 3.63) is 28.7 Å². The molecule has 1 unspecified atom stereocenters. The molecule has 1 aliphatic heterocycles. The molecule has 8 nitrogen and oxygen atoms in total. The number of carbonyl (C=O) groups is 1. The van der Waals surface area contributed by atoms with Crippen molar-refractivity contribution in [3.8, 4) is 0 Å². The largest absolute Gasteiger partial charge is 0.476 e. The molecule has 0 amide bonds. The fourth-order valence-corrected chi connectivity index (χ4v) is 4.99. The molecule has 1 saturated heterocycles. The monoisotopic (exact) mass is 342 g/mol. The molecule has 0 spiro atoms. The molecule has 2 aromatic rings. The second-order valence-corrected chi connectivity index (χ2v) is 7.73. The highest BCUT2D eigenvalue weighted by atomic mass is 32.2. The molecule has 0 saturated carbocycles. The van der Waals surface area contributed by atoms with Crippen LogP contribution in [0.15, 0.2) is 27.9 Å². The molecule has 3 heterocycles. The van der Waals surface area contributed by atoms with Gasteiger partial charge in [0.1, 0.15) is 0 Å². The second-order valence-electron chi connectivity index (χ2n) is 5.01. The normalized spacial score (nSPS) is 20.1. The van der Waals surface area contributed by atoms with E-state index in [1.165, 1.54) is 26.5 Å². The first kappa shape index (κ1) is 15.1.